The van der Waals surface area contributed by atoms with Gasteiger partial charge < -0.3 is 14.4 Å². The number of rotatable bonds is 6. The lowest BCUT2D eigenvalue weighted by Crippen LogP contribution is -2.44. The van der Waals surface area contributed by atoms with Gasteiger partial charge in [0.05, 0.1) is 24.2 Å². The Morgan fingerprint density at radius 3 is 2.80 bits per heavy atom. The lowest BCUT2D eigenvalue weighted by Gasteiger charge is -2.43. The van der Waals surface area contributed by atoms with Crippen LogP contribution < -0.4 is 14.4 Å². The highest BCUT2D eigenvalue weighted by atomic mass is 35.5. The fourth-order valence-corrected chi connectivity index (χ4v) is 8.43. The Hall–Kier alpha value is -2.88. The average Bonchev–Trinajstić information content (AvgIpc) is 3.14. The van der Waals surface area contributed by atoms with E-state index in [-0.39, 0.29) is 11.9 Å². The largest absolute Gasteiger partial charge is 0.491 e. The van der Waals surface area contributed by atoms with Crippen LogP contribution in [0.1, 0.15) is 66.9 Å². The maximum atomic E-state index is 13.6. The highest BCUT2D eigenvalue weighted by Gasteiger charge is 2.38. The minimum Gasteiger partial charge on any atom is -0.491 e. The Balaban J connectivity index is 1.44. The topological polar surface area (TPSA) is 97.3 Å². The number of anilines is 1. The fraction of sp³-hybridized carbons (Fsp3) is 0.529. The molecule has 2 aliphatic heterocycles. The summed E-state index contributed by atoms with van der Waals surface area (Å²) in [6.45, 7) is 5.63. The molecule has 44 heavy (non-hydrogen) atoms. The zero-order valence-corrected chi connectivity index (χ0v) is 27.5. The molecule has 1 aliphatic carbocycles. The van der Waals surface area contributed by atoms with E-state index in [9.17, 15) is 13.8 Å². The van der Waals surface area contributed by atoms with Crippen molar-refractivity contribution in [2.24, 2.45) is 22.1 Å². The van der Waals surface area contributed by atoms with Crippen molar-refractivity contribution in [1.82, 2.24) is 4.72 Å². The molecule has 2 aromatic carbocycles. The van der Waals surface area contributed by atoms with Crippen LogP contribution >= 0.6 is 11.6 Å². The molecule has 0 saturated heterocycles. The maximum Gasteiger partial charge on any atom is 0.286 e. The number of nitrogens with zero attached hydrogens (tertiary/aromatic N) is 2. The third kappa shape index (κ3) is 8.03. The summed E-state index contributed by atoms with van der Waals surface area (Å²) >= 11 is 6.27. The molecule has 8 nitrogen and oxygen atoms in total. The van der Waals surface area contributed by atoms with E-state index in [1.165, 1.54) is 18.1 Å². The fourth-order valence-electron chi connectivity index (χ4n) is 6.62. The Morgan fingerprint density at radius 1 is 1.20 bits per heavy atom. The van der Waals surface area contributed by atoms with Crippen LogP contribution in [0.15, 0.2) is 52.9 Å². The normalized spacial score (nSPS) is 28.0. The number of fused-ring (bicyclic) bond motifs is 2. The summed E-state index contributed by atoms with van der Waals surface area (Å²) in [6, 6.07) is 11.4. The van der Waals surface area contributed by atoms with Gasteiger partial charge in [0, 0.05) is 43.6 Å². The number of ether oxygens (including phenoxy) is 2. The number of hydrogen-bond donors (Lipinski definition) is 1. The van der Waals surface area contributed by atoms with Crippen molar-refractivity contribution in [3.63, 3.8) is 0 Å². The molecule has 2 heterocycles. The molecule has 0 aromatic heterocycles. The molecule has 2 amide bonds. The Bertz CT molecular complexity index is 1520. The number of nitrogens with one attached hydrogen (secondary N) is 1. The number of benzene rings is 2. The SMILES string of the molecule is CO[C@H]1/C=C/CCCS(=O)(NC(C)=O)=NC(=O)c2ccc3c(c2)N(C[C@@H](CCCc2cc(Cl)ccc2C)CO3)C[C@@H]2CC[C@H]21. The number of carbonyl (C=O) groups excluding carboxylic acids is 2. The van der Waals surface area contributed by atoms with Crippen molar-refractivity contribution >= 4 is 39.0 Å². The zero-order chi connectivity index (χ0) is 31.3. The summed E-state index contributed by atoms with van der Waals surface area (Å²) < 4.78 is 32.4. The summed E-state index contributed by atoms with van der Waals surface area (Å²) in [7, 11) is -1.51. The van der Waals surface area contributed by atoms with Crippen LogP contribution in [0, 0.1) is 24.7 Å². The third-order valence-corrected chi connectivity index (χ3v) is 11.3. The number of amides is 2. The first-order valence-electron chi connectivity index (χ1n) is 15.7. The van der Waals surface area contributed by atoms with Crippen molar-refractivity contribution < 1.29 is 23.3 Å². The number of aryl methyl sites for hydroxylation is 2. The van der Waals surface area contributed by atoms with Crippen molar-refractivity contribution in [2.75, 3.05) is 37.5 Å². The summed E-state index contributed by atoms with van der Waals surface area (Å²) in [6.07, 6.45) is 10.5. The second kappa shape index (κ2) is 14.5. The average molecular weight is 642 g/mol. The number of allylic oxidation sites excluding steroid dienone is 1. The molecule has 1 fully saturated rings. The molecule has 238 valence electrons. The van der Waals surface area contributed by atoms with E-state index in [0.717, 1.165) is 61.7 Å². The van der Waals surface area contributed by atoms with Gasteiger partial charge in [-0.2, -0.15) is 0 Å². The minimum atomic E-state index is -3.27. The Kier molecular flexibility index (Phi) is 10.7. The first-order valence-corrected chi connectivity index (χ1v) is 17.7. The summed E-state index contributed by atoms with van der Waals surface area (Å²) in [4.78, 5) is 27.6. The van der Waals surface area contributed by atoms with E-state index >= 15 is 0 Å². The van der Waals surface area contributed by atoms with Gasteiger partial charge in [0.25, 0.3) is 5.91 Å². The molecule has 2 bridgehead atoms. The minimum absolute atomic E-state index is 0.00149. The van der Waals surface area contributed by atoms with Gasteiger partial charge in [0.2, 0.25) is 5.91 Å². The predicted molar refractivity (Wildman–Crippen MR) is 176 cm³/mol. The van der Waals surface area contributed by atoms with E-state index < -0.39 is 21.7 Å². The quantitative estimate of drug-likeness (QED) is 0.360. The Labute approximate surface area is 266 Å². The summed E-state index contributed by atoms with van der Waals surface area (Å²) in [5.41, 5.74) is 3.71. The van der Waals surface area contributed by atoms with Gasteiger partial charge in [-0.05, 0) is 105 Å². The third-order valence-electron chi connectivity index (χ3n) is 9.15. The molecule has 10 heteroatoms. The lowest BCUT2D eigenvalue weighted by atomic mass is 9.70. The van der Waals surface area contributed by atoms with Crippen LogP contribution in [0.25, 0.3) is 0 Å². The van der Waals surface area contributed by atoms with Gasteiger partial charge in [-0.15, -0.1) is 4.36 Å². The van der Waals surface area contributed by atoms with Gasteiger partial charge in [-0.1, -0.05) is 29.8 Å². The first-order chi connectivity index (χ1) is 21.1. The molecule has 1 saturated carbocycles. The van der Waals surface area contributed by atoms with Crippen molar-refractivity contribution in [2.45, 2.75) is 64.9 Å². The number of methoxy groups -OCH3 is 1. The van der Waals surface area contributed by atoms with Gasteiger partial charge >= 0.3 is 0 Å². The number of carbonyl (C=O) groups is 2. The van der Waals surface area contributed by atoms with Crippen LogP contribution in [0.4, 0.5) is 5.69 Å². The van der Waals surface area contributed by atoms with E-state index in [1.807, 2.05) is 18.2 Å². The standard InChI is InChI=1S/C34H44ClN3O5S/c1-23-11-14-29(35)18-26(23)9-7-8-25-20-38-21-28-12-15-30(28)32(42-3)10-5-4-6-17-44(41,36-24(2)39)37-34(40)27-13-16-33(43-22-25)31(38)19-27/h5,10-11,13-14,16,18-19,25,28,30,32H,4,6-9,12,15,17,20-22H2,1-3H3,(H,36,37,39,40,41)/b10-5+/t25-,28+,30-,32+,44?/m1/s1. The van der Waals surface area contributed by atoms with Gasteiger partial charge in [-0.3, -0.25) is 14.3 Å². The molecule has 5 rings (SSSR count). The molecule has 0 radical (unpaired) electrons. The van der Waals surface area contributed by atoms with E-state index in [0.29, 0.717) is 42.8 Å². The Morgan fingerprint density at radius 2 is 2.05 bits per heavy atom. The van der Waals surface area contributed by atoms with Gasteiger partial charge in [0.1, 0.15) is 15.7 Å². The van der Waals surface area contributed by atoms with Crippen LogP contribution in [-0.2, 0) is 25.9 Å². The summed E-state index contributed by atoms with van der Waals surface area (Å²) in [5.74, 6) is 0.871. The van der Waals surface area contributed by atoms with Crippen molar-refractivity contribution in [1.29, 1.82) is 0 Å². The van der Waals surface area contributed by atoms with Crippen LogP contribution in [-0.4, -0.2) is 54.7 Å². The highest BCUT2D eigenvalue weighted by Crippen LogP contribution is 2.42. The predicted octanol–water partition coefficient (Wildman–Crippen LogP) is 6.54. The maximum absolute atomic E-state index is 13.6. The van der Waals surface area contributed by atoms with E-state index in [4.69, 9.17) is 21.1 Å². The van der Waals surface area contributed by atoms with Crippen LogP contribution in [0.3, 0.4) is 0 Å². The second-order valence-corrected chi connectivity index (χ2v) is 14.9. The molecule has 2 aromatic rings. The smallest absolute Gasteiger partial charge is 0.286 e. The van der Waals surface area contributed by atoms with E-state index in [1.54, 1.807) is 13.2 Å². The highest BCUT2D eigenvalue weighted by molar-refractivity contribution is 7.92. The number of hydrogen-bond acceptors (Lipinski definition) is 6. The van der Waals surface area contributed by atoms with Gasteiger partial charge in [0.15, 0.2) is 0 Å². The first kappa shape index (κ1) is 32.5. The van der Waals surface area contributed by atoms with E-state index in [2.05, 4.69) is 45.2 Å². The molecule has 1 N–H and O–H groups in total. The van der Waals surface area contributed by atoms with Gasteiger partial charge in [-0.25, -0.2) is 4.21 Å². The second-order valence-electron chi connectivity index (χ2n) is 12.4. The molecule has 3 aliphatic rings. The molecule has 5 atom stereocenters. The summed E-state index contributed by atoms with van der Waals surface area (Å²) in [5, 5.41) is 0.764. The monoisotopic (exact) mass is 641 g/mol. The van der Waals surface area contributed by atoms with Crippen molar-refractivity contribution in [3.8, 4) is 5.75 Å². The molecular weight excluding hydrogens is 598 g/mol. The molecular formula is C34H44ClN3O5S. The lowest BCUT2D eigenvalue weighted by molar-refractivity contribution is -0.117. The van der Waals surface area contributed by atoms with Crippen LogP contribution in [0.2, 0.25) is 5.02 Å². The zero-order valence-electron chi connectivity index (χ0n) is 25.9. The molecule has 1 unspecified atom stereocenters. The number of halogens is 1. The molecule has 0 spiro atoms. The van der Waals surface area contributed by atoms with Crippen LogP contribution in [0.5, 0.6) is 5.75 Å². The van der Waals surface area contributed by atoms with Crippen molar-refractivity contribution in [3.05, 3.63) is 70.3 Å².